The second kappa shape index (κ2) is 6.61. The number of para-hydroxylation sites is 1. The molecule has 1 aliphatic rings. The topological polar surface area (TPSA) is 69.6 Å². The Hall–Kier alpha value is -2.04. The van der Waals surface area contributed by atoms with Crippen molar-refractivity contribution in [2.24, 2.45) is 0 Å². The van der Waals surface area contributed by atoms with Crippen LogP contribution in [-0.4, -0.2) is 34.6 Å². The Morgan fingerprint density at radius 1 is 1.29 bits per heavy atom. The van der Waals surface area contributed by atoms with Gasteiger partial charge in [-0.2, -0.15) is 0 Å². The van der Waals surface area contributed by atoms with E-state index in [1.807, 2.05) is 32.0 Å². The number of rotatable bonds is 4. The maximum absolute atomic E-state index is 12.4. The highest BCUT2D eigenvalue weighted by atomic mass is 16.4. The summed E-state index contributed by atoms with van der Waals surface area (Å²) in [4.78, 5) is 25.0. The first-order valence-electron chi connectivity index (χ1n) is 7.49. The SMILES string of the molecule is CCc1cccc(CC)c1NC(=O)N1CCC[C@H]1C(=O)O. The van der Waals surface area contributed by atoms with Crippen molar-refractivity contribution < 1.29 is 14.7 Å². The molecule has 0 spiro atoms. The van der Waals surface area contributed by atoms with Gasteiger partial charge in [0.05, 0.1) is 0 Å². The van der Waals surface area contributed by atoms with Crippen LogP contribution in [0.1, 0.15) is 37.8 Å². The Balaban J connectivity index is 2.21. The monoisotopic (exact) mass is 290 g/mol. The molecule has 0 saturated carbocycles. The first-order chi connectivity index (χ1) is 10.1. The summed E-state index contributed by atoms with van der Waals surface area (Å²) >= 11 is 0. The molecule has 1 saturated heterocycles. The van der Waals surface area contributed by atoms with E-state index in [4.69, 9.17) is 0 Å². The third kappa shape index (κ3) is 3.17. The molecule has 5 heteroatoms. The minimum atomic E-state index is -0.929. The summed E-state index contributed by atoms with van der Waals surface area (Å²) in [5, 5.41) is 12.1. The molecule has 1 aliphatic heterocycles. The summed E-state index contributed by atoms with van der Waals surface area (Å²) in [6.45, 7) is 4.58. The number of carboxylic acids is 1. The number of hydrogen-bond acceptors (Lipinski definition) is 2. The van der Waals surface area contributed by atoms with E-state index in [9.17, 15) is 14.7 Å². The molecule has 1 atom stereocenters. The van der Waals surface area contributed by atoms with Crippen LogP contribution in [0.15, 0.2) is 18.2 Å². The van der Waals surface area contributed by atoms with E-state index in [-0.39, 0.29) is 6.03 Å². The maximum Gasteiger partial charge on any atom is 0.326 e. The van der Waals surface area contributed by atoms with E-state index in [2.05, 4.69) is 5.32 Å². The van der Waals surface area contributed by atoms with E-state index in [0.29, 0.717) is 13.0 Å². The number of hydrogen-bond donors (Lipinski definition) is 2. The summed E-state index contributed by atoms with van der Waals surface area (Å²) in [5.41, 5.74) is 2.99. The Bertz CT molecular complexity index is 520. The lowest BCUT2D eigenvalue weighted by atomic mass is 10.0. The molecule has 2 amide bonds. The molecule has 21 heavy (non-hydrogen) atoms. The summed E-state index contributed by atoms with van der Waals surface area (Å²) in [6.07, 6.45) is 2.91. The molecule has 0 bridgehead atoms. The van der Waals surface area contributed by atoms with E-state index < -0.39 is 12.0 Å². The second-order valence-electron chi connectivity index (χ2n) is 5.28. The van der Waals surface area contributed by atoms with Crippen LogP contribution in [0.5, 0.6) is 0 Å². The number of aliphatic carboxylic acids is 1. The molecular weight excluding hydrogens is 268 g/mol. The van der Waals surface area contributed by atoms with Crippen LogP contribution in [0.25, 0.3) is 0 Å². The fourth-order valence-corrected chi connectivity index (χ4v) is 2.85. The number of anilines is 1. The van der Waals surface area contributed by atoms with Gasteiger partial charge in [-0.05, 0) is 36.8 Å². The number of carbonyl (C=O) groups is 2. The van der Waals surface area contributed by atoms with E-state index in [0.717, 1.165) is 36.1 Å². The molecule has 0 aromatic heterocycles. The van der Waals surface area contributed by atoms with Crippen molar-refractivity contribution in [1.29, 1.82) is 0 Å². The number of amides is 2. The summed E-state index contributed by atoms with van der Waals surface area (Å²) in [7, 11) is 0. The molecule has 0 unspecified atom stereocenters. The molecule has 114 valence electrons. The Morgan fingerprint density at radius 3 is 2.43 bits per heavy atom. The largest absolute Gasteiger partial charge is 0.480 e. The van der Waals surface area contributed by atoms with Crippen LogP contribution in [-0.2, 0) is 17.6 Å². The minimum absolute atomic E-state index is 0.310. The highest BCUT2D eigenvalue weighted by Gasteiger charge is 2.34. The normalized spacial score (nSPS) is 17.8. The first-order valence-corrected chi connectivity index (χ1v) is 7.49. The quantitative estimate of drug-likeness (QED) is 0.895. The Kier molecular flexibility index (Phi) is 4.83. The predicted molar refractivity (Wildman–Crippen MR) is 81.6 cm³/mol. The first kappa shape index (κ1) is 15.4. The lowest BCUT2D eigenvalue weighted by Crippen LogP contribution is -2.43. The van der Waals surface area contributed by atoms with Crippen molar-refractivity contribution in [3.63, 3.8) is 0 Å². The van der Waals surface area contributed by atoms with Gasteiger partial charge in [0.25, 0.3) is 0 Å². The van der Waals surface area contributed by atoms with Crippen LogP contribution < -0.4 is 5.32 Å². The molecular formula is C16H22N2O3. The van der Waals surface area contributed by atoms with Gasteiger partial charge in [0, 0.05) is 12.2 Å². The van der Waals surface area contributed by atoms with Crippen molar-refractivity contribution in [3.8, 4) is 0 Å². The van der Waals surface area contributed by atoms with Gasteiger partial charge in [-0.15, -0.1) is 0 Å². The fourth-order valence-electron chi connectivity index (χ4n) is 2.85. The number of benzene rings is 1. The zero-order valence-corrected chi connectivity index (χ0v) is 12.6. The van der Waals surface area contributed by atoms with Crippen molar-refractivity contribution in [3.05, 3.63) is 29.3 Å². The fraction of sp³-hybridized carbons (Fsp3) is 0.500. The maximum atomic E-state index is 12.4. The third-order valence-electron chi connectivity index (χ3n) is 4.03. The van der Waals surface area contributed by atoms with E-state index in [1.54, 1.807) is 0 Å². The standard InChI is InChI=1S/C16H22N2O3/c1-3-11-7-5-8-12(4-2)14(11)17-16(21)18-10-6-9-13(18)15(19)20/h5,7-8,13H,3-4,6,9-10H2,1-2H3,(H,17,21)(H,19,20)/t13-/m0/s1. The summed E-state index contributed by atoms with van der Waals surface area (Å²) in [6, 6.07) is 4.96. The van der Waals surface area contributed by atoms with Gasteiger partial charge < -0.3 is 15.3 Å². The number of nitrogens with zero attached hydrogens (tertiary/aromatic N) is 1. The molecule has 1 heterocycles. The summed E-state index contributed by atoms with van der Waals surface area (Å²) < 4.78 is 0. The van der Waals surface area contributed by atoms with E-state index in [1.165, 1.54) is 4.90 Å². The zero-order valence-electron chi connectivity index (χ0n) is 12.6. The van der Waals surface area contributed by atoms with Crippen molar-refractivity contribution >= 4 is 17.7 Å². The third-order valence-corrected chi connectivity index (χ3v) is 4.03. The molecule has 0 radical (unpaired) electrons. The van der Waals surface area contributed by atoms with Gasteiger partial charge in [-0.25, -0.2) is 9.59 Å². The molecule has 0 aliphatic carbocycles. The highest BCUT2D eigenvalue weighted by molar-refractivity contribution is 5.94. The number of urea groups is 1. The van der Waals surface area contributed by atoms with Crippen molar-refractivity contribution in [1.82, 2.24) is 4.90 Å². The van der Waals surface area contributed by atoms with Crippen molar-refractivity contribution in [2.75, 3.05) is 11.9 Å². The molecule has 2 N–H and O–H groups in total. The van der Waals surface area contributed by atoms with Crippen LogP contribution in [0.2, 0.25) is 0 Å². The number of aryl methyl sites for hydroxylation is 2. The van der Waals surface area contributed by atoms with Crippen LogP contribution in [0, 0.1) is 0 Å². The van der Waals surface area contributed by atoms with Gasteiger partial charge in [0.1, 0.15) is 6.04 Å². The lowest BCUT2D eigenvalue weighted by Gasteiger charge is -2.23. The van der Waals surface area contributed by atoms with Crippen LogP contribution in [0.4, 0.5) is 10.5 Å². The molecule has 1 fully saturated rings. The van der Waals surface area contributed by atoms with Gasteiger partial charge >= 0.3 is 12.0 Å². The minimum Gasteiger partial charge on any atom is -0.480 e. The number of nitrogens with one attached hydrogen (secondary N) is 1. The number of likely N-dealkylation sites (tertiary alicyclic amines) is 1. The van der Waals surface area contributed by atoms with E-state index >= 15 is 0 Å². The van der Waals surface area contributed by atoms with Gasteiger partial charge in [-0.1, -0.05) is 32.0 Å². The molecule has 1 aromatic rings. The predicted octanol–water partition coefficient (Wildman–Crippen LogP) is 2.89. The molecule has 5 nitrogen and oxygen atoms in total. The molecule has 1 aromatic carbocycles. The average Bonchev–Trinajstić information content (AvgIpc) is 2.97. The smallest absolute Gasteiger partial charge is 0.326 e. The van der Waals surface area contributed by atoms with Crippen molar-refractivity contribution in [2.45, 2.75) is 45.6 Å². The lowest BCUT2D eigenvalue weighted by molar-refractivity contribution is -0.141. The number of carbonyl (C=O) groups excluding carboxylic acids is 1. The summed E-state index contributed by atoms with van der Waals surface area (Å²) in [5.74, 6) is -0.929. The van der Waals surface area contributed by atoms with Crippen LogP contribution in [0.3, 0.4) is 0 Å². The van der Waals surface area contributed by atoms with Gasteiger partial charge in [-0.3, -0.25) is 0 Å². The van der Waals surface area contributed by atoms with Gasteiger partial charge in [0.2, 0.25) is 0 Å². The zero-order chi connectivity index (χ0) is 15.4. The average molecular weight is 290 g/mol. The second-order valence-corrected chi connectivity index (χ2v) is 5.28. The van der Waals surface area contributed by atoms with Crippen LogP contribution >= 0.6 is 0 Å². The molecule has 2 rings (SSSR count). The Labute approximate surface area is 125 Å². The van der Waals surface area contributed by atoms with Gasteiger partial charge in [0.15, 0.2) is 0 Å². The number of carboxylic acid groups (broad SMARTS) is 1. The highest BCUT2D eigenvalue weighted by Crippen LogP contribution is 2.25. The Morgan fingerprint density at radius 2 is 1.90 bits per heavy atom.